The molecular weight excluding hydrogens is 184 g/mol. The number of nitrogens with zero attached hydrogens (tertiary/aromatic N) is 1. The number of aliphatic hydroxyl groups excluding tert-OH is 1. The van der Waals surface area contributed by atoms with Crippen LogP contribution in [0.15, 0.2) is 0 Å². The van der Waals surface area contributed by atoms with E-state index in [1.807, 2.05) is 11.8 Å². The molecule has 1 aliphatic rings. The summed E-state index contributed by atoms with van der Waals surface area (Å²) in [4.78, 5) is 12.8. The number of rotatable bonds is 4. The summed E-state index contributed by atoms with van der Waals surface area (Å²) in [5, 5.41) is 20.9. The fraction of sp³-hybridized carbons (Fsp3) is 0.889. The molecule has 0 amide bonds. The number of carboxylic acid groups (broad SMARTS) is 1. The fourth-order valence-corrected chi connectivity index (χ4v) is 1.67. The second-order valence-electron chi connectivity index (χ2n) is 3.84. The van der Waals surface area contributed by atoms with Crippen molar-refractivity contribution in [2.45, 2.75) is 13.0 Å². The van der Waals surface area contributed by atoms with Gasteiger partial charge >= 0.3 is 5.97 Å². The highest BCUT2D eigenvalue weighted by Crippen LogP contribution is 2.07. The van der Waals surface area contributed by atoms with E-state index in [1.54, 1.807) is 0 Å². The summed E-state index contributed by atoms with van der Waals surface area (Å²) in [6.45, 7) is 4.73. The predicted molar refractivity (Wildman–Crippen MR) is 52.1 cm³/mol. The smallest absolute Gasteiger partial charge is 0.322 e. The Morgan fingerprint density at radius 1 is 1.71 bits per heavy atom. The lowest BCUT2D eigenvalue weighted by molar-refractivity contribution is -0.144. The summed E-state index contributed by atoms with van der Waals surface area (Å²) >= 11 is 0. The van der Waals surface area contributed by atoms with Crippen molar-refractivity contribution in [2.75, 3.05) is 32.8 Å². The van der Waals surface area contributed by atoms with Gasteiger partial charge in [-0.05, 0) is 5.92 Å². The maximum Gasteiger partial charge on any atom is 0.322 e. The van der Waals surface area contributed by atoms with Crippen molar-refractivity contribution in [3.05, 3.63) is 0 Å². The average molecular weight is 202 g/mol. The minimum Gasteiger partial charge on any atom is -0.480 e. The van der Waals surface area contributed by atoms with Gasteiger partial charge in [0.2, 0.25) is 0 Å². The van der Waals surface area contributed by atoms with Crippen molar-refractivity contribution >= 4 is 5.97 Å². The molecule has 14 heavy (non-hydrogen) atoms. The molecule has 0 saturated carbocycles. The van der Waals surface area contributed by atoms with Gasteiger partial charge in [-0.3, -0.25) is 9.69 Å². The summed E-state index contributed by atoms with van der Waals surface area (Å²) in [6.07, 6.45) is 0. The number of carboxylic acids is 1. The van der Waals surface area contributed by atoms with Gasteiger partial charge < -0.3 is 15.5 Å². The van der Waals surface area contributed by atoms with Crippen molar-refractivity contribution in [2.24, 2.45) is 5.92 Å². The quantitative estimate of drug-likeness (QED) is 0.544. The van der Waals surface area contributed by atoms with Gasteiger partial charge in [0.05, 0.1) is 0 Å². The van der Waals surface area contributed by atoms with E-state index in [2.05, 4.69) is 5.32 Å². The van der Waals surface area contributed by atoms with E-state index in [9.17, 15) is 4.79 Å². The lowest BCUT2D eigenvalue weighted by Crippen LogP contribution is -2.56. The van der Waals surface area contributed by atoms with E-state index in [-0.39, 0.29) is 12.5 Å². The summed E-state index contributed by atoms with van der Waals surface area (Å²) in [6, 6.07) is -0.447. The molecule has 2 atom stereocenters. The molecule has 0 aromatic heterocycles. The van der Waals surface area contributed by atoms with Crippen molar-refractivity contribution in [3.8, 4) is 0 Å². The molecule has 0 aromatic rings. The summed E-state index contributed by atoms with van der Waals surface area (Å²) in [5.41, 5.74) is 0. The zero-order chi connectivity index (χ0) is 10.6. The van der Waals surface area contributed by atoms with Crippen molar-refractivity contribution in [1.29, 1.82) is 0 Å². The molecule has 0 aromatic carbocycles. The van der Waals surface area contributed by atoms with Crippen molar-refractivity contribution in [3.63, 3.8) is 0 Å². The third kappa shape index (κ3) is 2.94. The first-order valence-corrected chi connectivity index (χ1v) is 4.93. The van der Waals surface area contributed by atoms with E-state index >= 15 is 0 Å². The Morgan fingerprint density at radius 2 is 2.43 bits per heavy atom. The first-order valence-electron chi connectivity index (χ1n) is 4.93. The van der Waals surface area contributed by atoms with Gasteiger partial charge in [0, 0.05) is 32.8 Å². The molecule has 3 N–H and O–H groups in total. The van der Waals surface area contributed by atoms with Crippen LogP contribution >= 0.6 is 0 Å². The minimum atomic E-state index is -0.790. The molecule has 0 aliphatic carbocycles. The van der Waals surface area contributed by atoms with Crippen LogP contribution in [0, 0.1) is 5.92 Å². The Morgan fingerprint density at radius 3 is 3.00 bits per heavy atom. The van der Waals surface area contributed by atoms with Crippen LogP contribution in [-0.4, -0.2) is 59.9 Å². The zero-order valence-electron chi connectivity index (χ0n) is 8.44. The third-order valence-electron chi connectivity index (χ3n) is 2.50. The van der Waals surface area contributed by atoms with Crippen LogP contribution in [0.2, 0.25) is 0 Å². The lowest BCUT2D eigenvalue weighted by atomic mass is 10.1. The molecule has 1 heterocycles. The maximum atomic E-state index is 10.9. The standard InChI is InChI=1S/C9H18N2O3/c1-7(6-12)5-11-3-2-10-4-8(11)9(13)14/h7-8,10,12H,2-6H2,1H3,(H,13,14). The molecule has 0 bridgehead atoms. The summed E-state index contributed by atoms with van der Waals surface area (Å²) in [7, 11) is 0. The third-order valence-corrected chi connectivity index (χ3v) is 2.50. The molecule has 1 rings (SSSR count). The van der Waals surface area contributed by atoms with Crippen LogP contribution in [0.1, 0.15) is 6.92 Å². The zero-order valence-corrected chi connectivity index (χ0v) is 8.44. The Hall–Kier alpha value is -0.650. The van der Waals surface area contributed by atoms with E-state index in [1.165, 1.54) is 0 Å². The van der Waals surface area contributed by atoms with Crippen LogP contribution in [0.5, 0.6) is 0 Å². The van der Waals surface area contributed by atoms with Gasteiger partial charge in [-0.25, -0.2) is 0 Å². The molecule has 0 spiro atoms. The van der Waals surface area contributed by atoms with Gasteiger partial charge in [0.1, 0.15) is 6.04 Å². The molecule has 5 heteroatoms. The van der Waals surface area contributed by atoms with Gasteiger partial charge in [0.25, 0.3) is 0 Å². The van der Waals surface area contributed by atoms with Gasteiger partial charge in [-0.15, -0.1) is 0 Å². The van der Waals surface area contributed by atoms with Crippen LogP contribution in [0.4, 0.5) is 0 Å². The molecular formula is C9H18N2O3. The number of nitrogens with one attached hydrogen (secondary N) is 1. The highest BCUT2D eigenvalue weighted by Gasteiger charge is 2.28. The Labute approximate surface area is 83.7 Å². The number of hydrogen-bond donors (Lipinski definition) is 3. The largest absolute Gasteiger partial charge is 0.480 e. The Kier molecular flexibility index (Phi) is 4.31. The molecule has 2 unspecified atom stereocenters. The second kappa shape index (κ2) is 5.29. The lowest BCUT2D eigenvalue weighted by Gasteiger charge is -2.34. The van der Waals surface area contributed by atoms with Crippen molar-refractivity contribution in [1.82, 2.24) is 10.2 Å². The van der Waals surface area contributed by atoms with Crippen LogP contribution in [-0.2, 0) is 4.79 Å². The van der Waals surface area contributed by atoms with Crippen LogP contribution in [0.3, 0.4) is 0 Å². The first-order chi connectivity index (χ1) is 6.65. The highest BCUT2D eigenvalue weighted by molar-refractivity contribution is 5.73. The number of carbonyl (C=O) groups is 1. The fourth-order valence-electron chi connectivity index (χ4n) is 1.67. The molecule has 1 saturated heterocycles. The SMILES string of the molecule is CC(CO)CN1CCNCC1C(=O)O. The van der Waals surface area contributed by atoms with E-state index in [4.69, 9.17) is 10.2 Å². The molecule has 82 valence electrons. The van der Waals surface area contributed by atoms with Gasteiger partial charge in [-0.2, -0.15) is 0 Å². The van der Waals surface area contributed by atoms with E-state index in [0.29, 0.717) is 13.1 Å². The average Bonchev–Trinajstić information content (AvgIpc) is 2.18. The van der Waals surface area contributed by atoms with E-state index in [0.717, 1.165) is 13.1 Å². The maximum absolute atomic E-state index is 10.9. The highest BCUT2D eigenvalue weighted by atomic mass is 16.4. The molecule has 1 fully saturated rings. The first kappa shape index (κ1) is 11.4. The minimum absolute atomic E-state index is 0.107. The number of aliphatic hydroxyl groups is 1. The predicted octanol–water partition coefficient (Wildman–Crippen LogP) is -1.03. The van der Waals surface area contributed by atoms with Gasteiger partial charge in [0.15, 0.2) is 0 Å². The Balaban J connectivity index is 2.49. The Bertz CT molecular complexity index is 198. The van der Waals surface area contributed by atoms with Crippen LogP contribution in [0.25, 0.3) is 0 Å². The summed E-state index contributed by atoms with van der Waals surface area (Å²) in [5.74, 6) is -0.655. The molecule has 1 aliphatic heterocycles. The van der Waals surface area contributed by atoms with Gasteiger partial charge in [-0.1, -0.05) is 6.92 Å². The topological polar surface area (TPSA) is 72.8 Å². The normalized spacial score (nSPS) is 26.0. The monoisotopic (exact) mass is 202 g/mol. The number of hydrogen-bond acceptors (Lipinski definition) is 4. The number of piperazine rings is 1. The molecule has 0 radical (unpaired) electrons. The molecule has 5 nitrogen and oxygen atoms in total. The van der Waals surface area contributed by atoms with E-state index < -0.39 is 12.0 Å². The van der Waals surface area contributed by atoms with Crippen molar-refractivity contribution < 1.29 is 15.0 Å². The summed E-state index contributed by atoms with van der Waals surface area (Å²) < 4.78 is 0. The van der Waals surface area contributed by atoms with Crippen LogP contribution < -0.4 is 5.32 Å². The number of aliphatic carboxylic acids is 1. The second-order valence-corrected chi connectivity index (χ2v) is 3.84.